The van der Waals surface area contributed by atoms with Crippen LogP contribution in [0.15, 0.2) is 12.2 Å². The number of carbonyl (C=O) groups excluding carboxylic acids is 1. The summed E-state index contributed by atoms with van der Waals surface area (Å²) in [4.78, 5) is 11.2. The van der Waals surface area contributed by atoms with E-state index in [1.165, 1.54) is 38.5 Å². The molecular formula is C17H28O. The Kier molecular flexibility index (Phi) is 5.46. The van der Waals surface area contributed by atoms with Gasteiger partial charge in [0.1, 0.15) is 5.78 Å². The highest BCUT2D eigenvalue weighted by Crippen LogP contribution is 2.33. The summed E-state index contributed by atoms with van der Waals surface area (Å²) in [5.41, 5.74) is 0. The minimum absolute atomic E-state index is 0.472. The van der Waals surface area contributed by atoms with Gasteiger partial charge < -0.3 is 0 Å². The minimum atomic E-state index is 0.472. The lowest BCUT2D eigenvalue weighted by atomic mass is 9.79. The monoisotopic (exact) mass is 248 g/mol. The van der Waals surface area contributed by atoms with Crippen LogP contribution in [0.1, 0.15) is 71.1 Å². The van der Waals surface area contributed by atoms with Gasteiger partial charge in [-0.1, -0.05) is 31.9 Å². The van der Waals surface area contributed by atoms with E-state index in [4.69, 9.17) is 0 Å². The van der Waals surface area contributed by atoms with Crippen LogP contribution in [-0.4, -0.2) is 5.78 Å². The first kappa shape index (κ1) is 13.8. The standard InChI is InChI=1S/C17H28O/c1-2-3-14-4-6-15(7-5-14)8-9-16-10-12-17(18)13-11-16/h8-9,14-16H,2-7,10-13H2,1H3/b9-8+. The quantitative estimate of drug-likeness (QED) is 0.646. The van der Waals surface area contributed by atoms with Crippen LogP contribution in [0.25, 0.3) is 0 Å². The molecule has 2 aliphatic carbocycles. The van der Waals surface area contributed by atoms with Gasteiger partial charge in [0.15, 0.2) is 0 Å². The van der Waals surface area contributed by atoms with Gasteiger partial charge in [0.2, 0.25) is 0 Å². The number of allylic oxidation sites excluding steroid dienone is 2. The van der Waals surface area contributed by atoms with Crippen molar-refractivity contribution in [1.82, 2.24) is 0 Å². The van der Waals surface area contributed by atoms with E-state index in [0.717, 1.165) is 37.5 Å². The average molecular weight is 248 g/mol. The molecule has 2 aliphatic rings. The predicted molar refractivity (Wildman–Crippen MR) is 76.5 cm³/mol. The van der Waals surface area contributed by atoms with Crippen LogP contribution < -0.4 is 0 Å². The zero-order valence-electron chi connectivity index (χ0n) is 11.9. The molecule has 0 aromatic carbocycles. The Labute approximate surface area is 112 Å². The summed E-state index contributed by atoms with van der Waals surface area (Å²) in [6.07, 6.45) is 17.2. The summed E-state index contributed by atoms with van der Waals surface area (Å²) in [5.74, 6) is 3.00. The van der Waals surface area contributed by atoms with Crippen molar-refractivity contribution >= 4 is 5.78 Å². The smallest absolute Gasteiger partial charge is 0.132 e. The Bertz CT molecular complexity index is 274. The molecule has 1 nitrogen and oxygen atoms in total. The van der Waals surface area contributed by atoms with Gasteiger partial charge in [0, 0.05) is 12.8 Å². The van der Waals surface area contributed by atoms with E-state index in [-0.39, 0.29) is 0 Å². The maximum Gasteiger partial charge on any atom is 0.132 e. The van der Waals surface area contributed by atoms with Crippen molar-refractivity contribution in [3.63, 3.8) is 0 Å². The molecule has 0 unspecified atom stereocenters. The fraction of sp³-hybridized carbons (Fsp3) is 0.824. The molecule has 0 amide bonds. The molecule has 0 atom stereocenters. The second kappa shape index (κ2) is 7.11. The number of hydrogen-bond acceptors (Lipinski definition) is 1. The normalized spacial score (nSPS) is 31.1. The Morgan fingerprint density at radius 1 is 0.944 bits per heavy atom. The molecule has 0 aromatic heterocycles. The third-order valence-electron chi connectivity index (χ3n) is 4.83. The van der Waals surface area contributed by atoms with Crippen molar-refractivity contribution in [2.24, 2.45) is 17.8 Å². The van der Waals surface area contributed by atoms with E-state index >= 15 is 0 Å². The van der Waals surface area contributed by atoms with E-state index in [9.17, 15) is 4.79 Å². The largest absolute Gasteiger partial charge is 0.300 e. The van der Waals surface area contributed by atoms with Crippen molar-refractivity contribution in [1.29, 1.82) is 0 Å². The first-order valence-electron chi connectivity index (χ1n) is 7.98. The van der Waals surface area contributed by atoms with Crippen molar-refractivity contribution in [3.05, 3.63) is 12.2 Å². The molecular weight excluding hydrogens is 220 g/mol. The van der Waals surface area contributed by atoms with Crippen LogP contribution >= 0.6 is 0 Å². The third-order valence-corrected chi connectivity index (χ3v) is 4.83. The fourth-order valence-electron chi connectivity index (χ4n) is 3.55. The lowest BCUT2D eigenvalue weighted by Gasteiger charge is -2.27. The van der Waals surface area contributed by atoms with Crippen molar-refractivity contribution in [3.8, 4) is 0 Å². The van der Waals surface area contributed by atoms with Gasteiger partial charge in [-0.05, 0) is 56.3 Å². The Balaban J connectivity index is 1.69. The van der Waals surface area contributed by atoms with Crippen LogP contribution in [0.2, 0.25) is 0 Å². The molecule has 0 bridgehead atoms. The molecule has 0 N–H and O–H groups in total. The summed E-state index contributed by atoms with van der Waals surface area (Å²) in [5, 5.41) is 0. The molecule has 0 spiro atoms. The summed E-state index contributed by atoms with van der Waals surface area (Å²) < 4.78 is 0. The van der Waals surface area contributed by atoms with E-state index in [2.05, 4.69) is 19.1 Å². The van der Waals surface area contributed by atoms with Crippen molar-refractivity contribution < 1.29 is 4.79 Å². The molecule has 102 valence electrons. The van der Waals surface area contributed by atoms with Crippen molar-refractivity contribution in [2.45, 2.75) is 71.1 Å². The van der Waals surface area contributed by atoms with E-state index in [1.54, 1.807) is 0 Å². The van der Waals surface area contributed by atoms with Gasteiger partial charge >= 0.3 is 0 Å². The Hall–Kier alpha value is -0.590. The molecule has 0 aromatic rings. The molecule has 0 radical (unpaired) electrons. The third kappa shape index (κ3) is 4.26. The number of ketones is 1. The zero-order valence-corrected chi connectivity index (χ0v) is 11.9. The molecule has 0 saturated heterocycles. The van der Waals surface area contributed by atoms with Gasteiger partial charge in [0.25, 0.3) is 0 Å². The second-order valence-electron chi connectivity index (χ2n) is 6.33. The topological polar surface area (TPSA) is 17.1 Å². The Morgan fingerprint density at radius 2 is 1.50 bits per heavy atom. The van der Waals surface area contributed by atoms with Crippen LogP contribution in [0.5, 0.6) is 0 Å². The summed E-state index contributed by atoms with van der Waals surface area (Å²) >= 11 is 0. The lowest BCUT2D eigenvalue weighted by Crippen LogP contribution is -2.14. The summed E-state index contributed by atoms with van der Waals surface area (Å²) in [6.45, 7) is 2.30. The number of carbonyl (C=O) groups is 1. The molecule has 0 aliphatic heterocycles. The molecule has 2 saturated carbocycles. The minimum Gasteiger partial charge on any atom is -0.300 e. The van der Waals surface area contributed by atoms with Crippen LogP contribution in [-0.2, 0) is 4.79 Å². The maximum atomic E-state index is 11.2. The SMILES string of the molecule is CCCC1CCC(/C=C/C2CCC(=O)CC2)CC1. The van der Waals surface area contributed by atoms with Crippen LogP contribution in [0, 0.1) is 17.8 Å². The molecule has 18 heavy (non-hydrogen) atoms. The van der Waals surface area contributed by atoms with Gasteiger partial charge in [-0.25, -0.2) is 0 Å². The first-order valence-corrected chi connectivity index (χ1v) is 7.98. The van der Waals surface area contributed by atoms with Gasteiger partial charge in [-0.15, -0.1) is 0 Å². The van der Waals surface area contributed by atoms with Crippen molar-refractivity contribution in [2.75, 3.05) is 0 Å². The van der Waals surface area contributed by atoms with Crippen LogP contribution in [0.3, 0.4) is 0 Å². The highest BCUT2D eigenvalue weighted by atomic mass is 16.1. The number of Topliss-reactive ketones (excluding diaryl/α,β-unsaturated/α-hetero) is 1. The first-order chi connectivity index (χ1) is 8.78. The summed E-state index contributed by atoms with van der Waals surface area (Å²) in [6, 6.07) is 0. The van der Waals surface area contributed by atoms with Gasteiger partial charge in [0.05, 0.1) is 0 Å². The molecule has 2 fully saturated rings. The lowest BCUT2D eigenvalue weighted by molar-refractivity contribution is -0.120. The van der Waals surface area contributed by atoms with E-state index < -0.39 is 0 Å². The zero-order chi connectivity index (χ0) is 12.8. The predicted octanol–water partition coefficient (Wildman–Crippen LogP) is 4.91. The van der Waals surface area contributed by atoms with E-state index in [1.807, 2.05) is 0 Å². The average Bonchev–Trinajstić information content (AvgIpc) is 2.40. The Morgan fingerprint density at radius 3 is 2.06 bits per heavy atom. The highest BCUT2D eigenvalue weighted by molar-refractivity contribution is 5.79. The second-order valence-corrected chi connectivity index (χ2v) is 6.33. The molecule has 2 rings (SSSR count). The summed E-state index contributed by atoms with van der Waals surface area (Å²) in [7, 11) is 0. The highest BCUT2D eigenvalue weighted by Gasteiger charge is 2.20. The number of rotatable bonds is 4. The van der Waals surface area contributed by atoms with Gasteiger partial charge in [-0.3, -0.25) is 4.79 Å². The van der Waals surface area contributed by atoms with Crippen LogP contribution in [0.4, 0.5) is 0 Å². The molecule has 1 heteroatoms. The fourth-order valence-corrected chi connectivity index (χ4v) is 3.55. The maximum absolute atomic E-state index is 11.2. The number of hydrogen-bond donors (Lipinski definition) is 0. The van der Waals surface area contributed by atoms with E-state index in [0.29, 0.717) is 11.7 Å². The molecule has 0 heterocycles. The van der Waals surface area contributed by atoms with Gasteiger partial charge in [-0.2, -0.15) is 0 Å².